The minimum atomic E-state index is -3.32. The number of rotatable bonds is 8. The molecule has 0 radical (unpaired) electrons. The highest BCUT2D eigenvalue weighted by Crippen LogP contribution is 2.31. The lowest BCUT2D eigenvalue weighted by atomic mass is 10.00. The molecule has 2 atom stereocenters. The highest BCUT2D eigenvalue weighted by atomic mass is 32.2. The molecule has 0 aromatic rings. The van der Waals surface area contributed by atoms with Gasteiger partial charge in [-0.1, -0.05) is 20.8 Å². The van der Waals surface area contributed by atoms with Crippen molar-refractivity contribution < 1.29 is 8.42 Å². The van der Waals surface area contributed by atoms with Crippen LogP contribution in [0, 0.1) is 0 Å². The molecule has 1 N–H and O–H groups in total. The molecule has 0 aliphatic carbocycles. The van der Waals surface area contributed by atoms with Crippen LogP contribution in [0.2, 0.25) is 0 Å². The Morgan fingerprint density at radius 1 is 1.00 bits per heavy atom. The summed E-state index contributed by atoms with van der Waals surface area (Å²) in [5.41, 5.74) is 0. The Kier molecular flexibility index (Phi) is 6.05. The molecule has 0 aromatic carbocycles. The first-order valence-corrected chi connectivity index (χ1v) is 9.95. The van der Waals surface area contributed by atoms with Crippen LogP contribution in [0.3, 0.4) is 0 Å². The first-order valence-electron chi connectivity index (χ1n) is 8.55. The second-order valence-electron chi connectivity index (χ2n) is 6.37. The SMILES string of the molecule is CCCN(CCC)S(=O)(=O)N(CC)C1CC2CCC(C1)N2. The van der Waals surface area contributed by atoms with Gasteiger partial charge in [0.1, 0.15) is 0 Å². The van der Waals surface area contributed by atoms with E-state index in [4.69, 9.17) is 0 Å². The number of hydrogen-bond donors (Lipinski definition) is 1. The van der Waals surface area contributed by atoms with Crippen molar-refractivity contribution in [2.45, 2.75) is 77.4 Å². The summed E-state index contributed by atoms with van der Waals surface area (Å²) in [7, 11) is -3.32. The summed E-state index contributed by atoms with van der Waals surface area (Å²) in [6.45, 7) is 7.89. The van der Waals surface area contributed by atoms with Crippen LogP contribution in [0.25, 0.3) is 0 Å². The van der Waals surface area contributed by atoms with Gasteiger partial charge in [-0.15, -0.1) is 0 Å². The maximum absolute atomic E-state index is 13.0. The topological polar surface area (TPSA) is 52.7 Å². The molecule has 2 aliphatic heterocycles. The molecule has 2 heterocycles. The molecule has 0 saturated carbocycles. The van der Waals surface area contributed by atoms with Crippen LogP contribution in [0.15, 0.2) is 0 Å². The summed E-state index contributed by atoms with van der Waals surface area (Å²) in [6.07, 6.45) is 6.08. The predicted molar refractivity (Wildman–Crippen MR) is 86.4 cm³/mol. The monoisotopic (exact) mass is 317 g/mol. The highest BCUT2D eigenvalue weighted by Gasteiger charge is 2.40. The molecule has 21 heavy (non-hydrogen) atoms. The van der Waals surface area contributed by atoms with Crippen molar-refractivity contribution in [3.8, 4) is 0 Å². The van der Waals surface area contributed by atoms with Crippen molar-refractivity contribution in [2.75, 3.05) is 19.6 Å². The smallest absolute Gasteiger partial charge is 0.282 e. The van der Waals surface area contributed by atoms with Crippen LogP contribution in [0.5, 0.6) is 0 Å². The number of nitrogens with zero attached hydrogens (tertiary/aromatic N) is 2. The van der Waals surface area contributed by atoms with Gasteiger partial charge in [-0.25, -0.2) is 0 Å². The lowest BCUT2D eigenvalue weighted by molar-refractivity contribution is 0.217. The third kappa shape index (κ3) is 3.78. The van der Waals surface area contributed by atoms with E-state index in [9.17, 15) is 8.42 Å². The Morgan fingerprint density at radius 3 is 1.95 bits per heavy atom. The molecule has 6 heteroatoms. The Bertz CT molecular complexity index is 409. The molecule has 2 unspecified atom stereocenters. The van der Waals surface area contributed by atoms with E-state index in [1.807, 2.05) is 20.8 Å². The number of piperidine rings is 1. The van der Waals surface area contributed by atoms with E-state index < -0.39 is 10.2 Å². The maximum Gasteiger partial charge on any atom is 0.282 e. The zero-order chi connectivity index (χ0) is 15.5. The van der Waals surface area contributed by atoms with Crippen LogP contribution < -0.4 is 5.32 Å². The first-order chi connectivity index (χ1) is 10.0. The van der Waals surface area contributed by atoms with E-state index in [0.717, 1.165) is 25.7 Å². The van der Waals surface area contributed by atoms with E-state index in [1.165, 1.54) is 12.8 Å². The molecule has 0 aromatic heterocycles. The quantitative estimate of drug-likeness (QED) is 0.744. The van der Waals surface area contributed by atoms with Gasteiger partial charge in [-0.2, -0.15) is 17.0 Å². The van der Waals surface area contributed by atoms with Gasteiger partial charge >= 0.3 is 0 Å². The van der Waals surface area contributed by atoms with Gasteiger partial charge in [-0.05, 0) is 38.5 Å². The highest BCUT2D eigenvalue weighted by molar-refractivity contribution is 7.86. The fraction of sp³-hybridized carbons (Fsp3) is 1.00. The Morgan fingerprint density at radius 2 is 1.52 bits per heavy atom. The van der Waals surface area contributed by atoms with Gasteiger partial charge in [0.25, 0.3) is 10.2 Å². The first kappa shape index (κ1) is 17.2. The van der Waals surface area contributed by atoms with Crippen molar-refractivity contribution in [1.29, 1.82) is 0 Å². The van der Waals surface area contributed by atoms with E-state index >= 15 is 0 Å². The zero-order valence-electron chi connectivity index (χ0n) is 13.7. The fourth-order valence-corrected chi connectivity index (χ4v) is 5.86. The molecule has 2 fully saturated rings. The number of nitrogens with one attached hydrogen (secondary N) is 1. The van der Waals surface area contributed by atoms with E-state index in [1.54, 1.807) is 8.61 Å². The maximum atomic E-state index is 13.0. The molecule has 124 valence electrons. The van der Waals surface area contributed by atoms with Crippen molar-refractivity contribution in [3.63, 3.8) is 0 Å². The van der Waals surface area contributed by atoms with E-state index in [-0.39, 0.29) is 6.04 Å². The van der Waals surface area contributed by atoms with Gasteiger partial charge in [0.15, 0.2) is 0 Å². The fourth-order valence-electron chi connectivity index (χ4n) is 3.86. The Labute approximate surface area is 130 Å². The summed E-state index contributed by atoms with van der Waals surface area (Å²) in [4.78, 5) is 0. The molecule has 0 amide bonds. The van der Waals surface area contributed by atoms with Crippen LogP contribution in [-0.4, -0.2) is 54.8 Å². The van der Waals surface area contributed by atoms with Crippen molar-refractivity contribution in [3.05, 3.63) is 0 Å². The van der Waals surface area contributed by atoms with Gasteiger partial charge in [0.2, 0.25) is 0 Å². The lowest BCUT2D eigenvalue weighted by Crippen LogP contribution is -2.54. The van der Waals surface area contributed by atoms with Crippen LogP contribution in [0.1, 0.15) is 59.3 Å². The zero-order valence-corrected chi connectivity index (χ0v) is 14.5. The average molecular weight is 317 g/mol. The van der Waals surface area contributed by atoms with Gasteiger partial charge in [0.05, 0.1) is 0 Å². The second-order valence-corrected chi connectivity index (χ2v) is 8.25. The predicted octanol–water partition coefficient (Wildman–Crippen LogP) is 1.96. The largest absolute Gasteiger partial charge is 0.311 e. The normalized spacial score (nSPS) is 29.5. The number of hydrogen-bond acceptors (Lipinski definition) is 3. The third-order valence-corrected chi connectivity index (χ3v) is 6.90. The molecule has 5 nitrogen and oxygen atoms in total. The number of fused-ring (bicyclic) bond motifs is 2. The third-order valence-electron chi connectivity index (χ3n) is 4.74. The van der Waals surface area contributed by atoms with Gasteiger partial charge < -0.3 is 5.32 Å². The van der Waals surface area contributed by atoms with Crippen molar-refractivity contribution >= 4 is 10.2 Å². The lowest BCUT2D eigenvalue weighted by Gasteiger charge is -2.38. The van der Waals surface area contributed by atoms with Gasteiger partial charge in [0, 0.05) is 37.8 Å². The van der Waals surface area contributed by atoms with Gasteiger partial charge in [-0.3, -0.25) is 0 Å². The van der Waals surface area contributed by atoms with E-state index in [2.05, 4.69) is 5.32 Å². The van der Waals surface area contributed by atoms with Crippen molar-refractivity contribution in [2.24, 2.45) is 0 Å². The van der Waals surface area contributed by atoms with Crippen LogP contribution in [0.4, 0.5) is 0 Å². The molecule has 2 rings (SSSR count). The Balaban J connectivity index is 2.14. The summed E-state index contributed by atoms with van der Waals surface area (Å²) in [6, 6.07) is 1.21. The van der Waals surface area contributed by atoms with E-state index in [0.29, 0.717) is 31.7 Å². The summed E-state index contributed by atoms with van der Waals surface area (Å²) in [5.74, 6) is 0. The summed E-state index contributed by atoms with van der Waals surface area (Å²) in [5, 5.41) is 3.60. The molecule has 0 spiro atoms. The molecule has 2 aliphatic rings. The molecule has 2 bridgehead atoms. The standard InChI is InChI=1S/C15H31N3O2S/c1-4-9-17(10-5-2)21(19,20)18(6-3)15-11-13-7-8-14(12-15)16-13/h13-16H,4-12H2,1-3H3. The second kappa shape index (κ2) is 7.40. The summed E-state index contributed by atoms with van der Waals surface area (Å²) >= 11 is 0. The average Bonchev–Trinajstić information content (AvgIpc) is 2.78. The molecular formula is C15H31N3O2S. The minimum absolute atomic E-state index is 0.176. The Hall–Kier alpha value is -0.170. The van der Waals surface area contributed by atoms with Crippen molar-refractivity contribution in [1.82, 2.24) is 13.9 Å². The molecular weight excluding hydrogens is 286 g/mol. The van der Waals surface area contributed by atoms with Crippen LogP contribution >= 0.6 is 0 Å². The minimum Gasteiger partial charge on any atom is -0.311 e. The molecule has 2 saturated heterocycles. The summed E-state index contributed by atoms with van der Waals surface area (Å²) < 4.78 is 29.5. The van der Waals surface area contributed by atoms with Crippen LogP contribution in [-0.2, 0) is 10.2 Å².